The number of methoxy groups -OCH3 is 3. The number of hydrogen-bond donors (Lipinski definition) is 1. The second-order valence-corrected chi connectivity index (χ2v) is 6.56. The number of hydrogen-bond acceptors (Lipinski definition) is 5. The third-order valence-electron chi connectivity index (χ3n) is 5.49. The first-order chi connectivity index (χ1) is 12.0. The highest BCUT2D eigenvalue weighted by Crippen LogP contribution is 2.54. The van der Waals surface area contributed by atoms with Crippen LogP contribution in [0.5, 0.6) is 11.5 Å². The summed E-state index contributed by atoms with van der Waals surface area (Å²) in [5.74, 6) is 1.05. The third kappa shape index (κ3) is 2.07. The summed E-state index contributed by atoms with van der Waals surface area (Å²) in [6.45, 7) is 0.242. The molecular formula is C19H21NO5. The van der Waals surface area contributed by atoms with Crippen LogP contribution in [0.4, 0.5) is 0 Å². The van der Waals surface area contributed by atoms with Gasteiger partial charge >= 0.3 is 0 Å². The molecule has 0 aromatic heterocycles. The molecule has 0 fully saturated rings. The van der Waals surface area contributed by atoms with E-state index in [-0.39, 0.29) is 18.6 Å². The first-order valence-corrected chi connectivity index (χ1v) is 8.24. The van der Waals surface area contributed by atoms with E-state index in [1.165, 1.54) is 0 Å². The molecule has 2 aliphatic heterocycles. The minimum absolute atomic E-state index is 0.0871. The van der Waals surface area contributed by atoms with Gasteiger partial charge in [-0.15, -0.1) is 0 Å². The molecule has 0 unspecified atom stereocenters. The fraction of sp³-hybridized carbons (Fsp3) is 0.421. The molecule has 6 nitrogen and oxygen atoms in total. The molecule has 6 heteroatoms. The largest absolute Gasteiger partial charge is 0.493 e. The van der Waals surface area contributed by atoms with E-state index < -0.39 is 11.6 Å². The topological polar surface area (TPSA) is 68.2 Å². The lowest BCUT2D eigenvalue weighted by atomic mass is 9.70. The van der Waals surface area contributed by atoms with Crippen molar-refractivity contribution in [2.45, 2.75) is 24.2 Å². The lowest BCUT2D eigenvalue weighted by molar-refractivity contribution is -0.133. The van der Waals surface area contributed by atoms with Crippen molar-refractivity contribution in [3.63, 3.8) is 0 Å². The third-order valence-corrected chi connectivity index (χ3v) is 5.49. The predicted molar refractivity (Wildman–Crippen MR) is 90.5 cm³/mol. The van der Waals surface area contributed by atoms with Crippen molar-refractivity contribution >= 4 is 5.91 Å². The summed E-state index contributed by atoms with van der Waals surface area (Å²) >= 11 is 0. The number of carbonyl (C=O) groups excluding carboxylic acids is 1. The second kappa shape index (κ2) is 5.61. The van der Waals surface area contributed by atoms with Crippen molar-refractivity contribution in [2.24, 2.45) is 0 Å². The molecule has 1 amide bonds. The molecule has 1 spiro atoms. The van der Waals surface area contributed by atoms with E-state index in [0.717, 1.165) is 16.7 Å². The van der Waals surface area contributed by atoms with Crippen LogP contribution in [0.1, 0.15) is 23.7 Å². The van der Waals surface area contributed by atoms with Gasteiger partial charge in [-0.25, -0.2) is 0 Å². The number of amides is 1. The van der Waals surface area contributed by atoms with Crippen LogP contribution in [0.25, 0.3) is 0 Å². The Hall–Kier alpha value is -2.31. The average molecular weight is 343 g/mol. The van der Waals surface area contributed by atoms with E-state index in [0.29, 0.717) is 17.9 Å². The second-order valence-electron chi connectivity index (χ2n) is 6.56. The van der Waals surface area contributed by atoms with Crippen molar-refractivity contribution in [1.29, 1.82) is 0 Å². The number of benzene rings is 1. The van der Waals surface area contributed by atoms with Crippen LogP contribution >= 0.6 is 0 Å². The SMILES string of the molecule is COc1cc2c(cc1OC)[C@]13C[C@@H](OC)C=CC1=CC(=O)N3C[C@@H]2O. The highest BCUT2D eigenvalue weighted by molar-refractivity contribution is 5.95. The minimum atomic E-state index is -0.774. The lowest BCUT2D eigenvalue weighted by Crippen LogP contribution is -2.53. The van der Waals surface area contributed by atoms with E-state index in [2.05, 4.69) is 0 Å². The lowest BCUT2D eigenvalue weighted by Gasteiger charge is -2.49. The van der Waals surface area contributed by atoms with Crippen molar-refractivity contribution in [1.82, 2.24) is 4.90 Å². The summed E-state index contributed by atoms with van der Waals surface area (Å²) in [5.41, 5.74) is 1.92. The molecule has 0 saturated heterocycles. The summed E-state index contributed by atoms with van der Waals surface area (Å²) in [7, 11) is 4.81. The van der Waals surface area contributed by atoms with Crippen molar-refractivity contribution in [3.8, 4) is 11.5 Å². The number of fused-ring (bicyclic) bond motifs is 1. The molecule has 2 heterocycles. The number of rotatable bonds is 3. The maximum Gasteiger partial charge on any atom is 0.248 e. The van der Waals surface area contributed by atoms with Crippen LogP contribution < -0.4 is 9.47 Å². The van der Waals surface area contributed by atoms with Gasteiger partial charge in [-0.1, -0.05) is 12.2 Å². The van der Waals surface area contributed by atoms with Gasteiger partial charge in [0.25, 0.3) is 0 Å². The Morgan fingerprint density at radius 1 is 1.20 bits per heavy atom. The van der Waals surface area contributed by atoms with Gasteiger partial charge in [-0.05, 0) is 28.8 Å². The Kier molecular flexibility index (Phi) is 3.63. The number of aliphatic hydroxyl groups is 1. The Bertz CT molecular complexity index is 799. The van der Waals surface area contributed by atoms with Gasteiger partial charge in [-0.3, -0.25) is 4.79 Å². The number of ether oxygens (including phenoxy) is 3. The zero-order valence-electron chi connectivity index (χ0n) is 14.5. The summed E-state index contributed by atoms with van der Waals surface area (Å²) in [6, 6.07) is 3.69. The molecule has 0 saturated carbocycles. The summed E-state index contributed by atoms with van der Waals surface area (Å²) in [6.07, 6.45) is 5.30. The molecule has 0 radical (unpaired) electrons. The molecule has 4 rings (SSSR count). The maximum absolute atomic E-state index is 12.6. The fourth-order valence-corrected chi connectivity index (χ4v) is 4.28. The minimum Gasteiger partial charge on any atom is -0.493 e. The molecule has 25 heavy (non-hydrogen) atoms. The predicted octanol–water partition coefficient (Wildman–Crippen LogP) is 1.69. The summed E-state index contributed by atoms with van der Waals surface area (Å²) in [4.78, 5) is 14.4. The van der Waals surface area contributed by atoms with Crippen LogP contribution in [0.15, 0.2) is 35.9 Å². The fourth-order valence-electron chi connectivity index (χ4n) is 4.28. The molecule has 3 aliphatic rings. The normalized spacial score (nSPS) is 29.7. The van der Waals surface area contributed by atoms with E-state index in [1.807, 2.05) is 24.3 Å². The first-order valence-electron chi connectivity index (χ1n) is 8.24. The van der Waals surface area contributed by atoms with Crippen molar-refractivity contribution in [3.05, 3.63) is 47.1 Å². The first kappa shape index (κ1) is 16.2. The van der Waals surface area contributed by atoms with E-state index in [4.69, 9.17) is 14.2 Å². The van der Waals surface area contributed by atoms with Gasteiger partial charge in [0.05, 0.1) is 38.5 Å². The Morgan fingerprint density at radius 2 is 1.92 bits per heavy atom. The maximum atomic E-state index is 12.6. The van der Waals surface area contributed by atoms with Gasteiger partial charge in [0, 0.05) is 19.6 Å². The smallest absolute Gasteiger partial charge is 0.248 e. The number of carbonyl (C=O) groups is 1. The molecule has 132 valence electrons. The van der Waals surface area contributed by atoms with E-state index >= 15 is 0 Å². The molecule has 0 bridgehead atoms. The van der Waals surface area contributed by atoms with Gasteiger partial charge in [0.1, 0.15) is 0 Å². The number of aliphatic hydroxyl groups excluding tert-OH is 1. The Balaban J connectivity index is 1.98. The van der Waals surface area contributed by atoms with Crippen LogP contribution in [-0.4, -0.2) is 49.9 Å². The van der Waals surface area contributed by atoms with Gasteiger partial charge in [-0.2, -0.15) is 0 Å². The zero-order valence-corrected chi connectivity index (χ0v) is 14.5. The Labute approximate surface area is 146 Å². The van der Waals surface area contributed by atoms with Crippen LogP contribution in [0, 0.1) is 0 Å². The average Bonchev–Trinajstić information content (AvgIpc) is 2.92. The monoisotopic (exact) mass is 343 g/mol. The molecule has 1 aromatic rings. The standard InChI is InChI=1S/C19H21NO5/c1-23-12-5-4-11-6-18(22)20-10-15(21)13-7-16(24-2)17(25-3)8-14(13)19(11,20)9-12/h4-8,12,15,21H,9-10H2,1-3H3/t12-,15-,19-/m0/s1. The summed E-state index contributed by atoms with van der Waals surface area (Å²) in [5, 5.41) is 10.7. The van der Waals surface area contributed by atoms with Crippen LogP contribution in [0.3, 0.4) is 0 Å². The number of nitrogens with zero attached hydrogens (tertiary/aromatic N) is 1. The zero-order chi connectivity index (χ0) is 17.8. The highest BCUT2D eigenvalue weighted by atomic mass is 16.5. The van der Waals surface area contributed by atoms with E-state index in [1.54, 1.807) is 32.3 Å². The van der Waals surface area contributed by atoms with Gasteiger partial charge in [0.2, 0.25) is 5.91 Å². The van der Waals surface area contributed by atoms with E-state index in [9.17, 15) is 9.90 Å². The molecular weight excluding hydrogens is 322 g/mol. The Morgan fingerprint density at radius 3 is 2.60 bits per heavy atom. The quantitative estimate of drug-likeness (QED) is 0.905. The van der Waals surface area contributed by atoms with Crippen LogP contribution in [-0.2, 0) is 15.1 Å². The van der Waals surface area contributed by atoms with Crippen molar-refractivity contribution < 1.29 is 24.1 Å². The molecule has 1 aromatic carbocycles. The van der Waals surface area contributed by atoms with Crippen LogP contribution in [0.2, 0.25) is 0 Å². The molecule has 1 aliphatic carbocycles. The highest BCUT2D eigenvalue weighted by Gasteiger charge is 2.55. The van der Waals surface area contributed by atoms with Gasteiger partial charge < -0.3 is 24.2 Å². The molecule has 1 N–H and O–H groups in total. The van der Waals surface area contributed by atoms with Gasteiger partial charge in [0.15, 0.2) is 11.5 Å². The van der Waals surface area contributed by atoms with Crippen molar-refractivity contribution in [2.75, 3.05) is 27.9 Å². The summed E-state index contributed by atoms with van der Waals surface area (Å²) < 4.78 is 16.4. The molecule has 3 atom stereocenters.